The zero-order chi connectivity index (χ0) is 19.1. The average molecular weight is 366 g/mol. The Morgan fingerprint density at radius 2 is 1.74 bits per heavy atom. The third-order valence-electron chi connectivity index (χ3n) is 4.71. The van der Waals surface area contributed by atoms with Gasteiger partial charge in [-0.3, -0.25) is 4.79 Å². The lowest BCUT2D eigenvalue weighted by Gasteiger charge is -2.17. The number of nitrogens with zero attached hydrogens (tertiary/aromatic N) is 1. The van der Waals surface area contributed by atoms with Gasteiger partial charge in [0, 0.05) is 31.4 Å². The van der Waals surface area contributed by atoms with Crippen LogP contribution in [-0.4, -0.2) is 33.2 Å². The molecule has 1 saturated heterocycles. The highest BCUT2D eigenvalue weighted by Crippen LogP contribution is 2.28. The molecule has 0 aromatic heterocycles. The molecule has 1 fully saturated rings. The molecule has 2 aromatic rings. The SMILES string of the molecule is COc1ccc(/C=C/C(=O)NCc2ccc(N3CCCC3)cc2)cc1OC. The number of nitrogens with one attached hydrogen (secondary N) is 1. The highest BCUT2D eigenvalue weighted by atomic mass is 16.5. The predicted octanol–water partition coefficient (Wildman–Crippen LogP) is 3.63. The fraction of sp³-hybridized carbons (Fsp3) is 0.318. The van der Waals surface area contributed by atoms with E-state index in [1.165, 1.54) is 24.6 Å². The van der Waals surface area contributed by atoms with E-state index < -0.39 is 0 Å². The van der Waals surface area contributed by atoms with Gasteiger partial charge >= 0.3 is 0 Å². The lowest BCUT2D eigenvalue weighted by atomic mass is 10.1. The van der Waals surface area contributed by atoms with Gasteiger partial charge in [0.05, 0.1) is 14.2 Å². The van der Waals surface area contributed by atoms with Gasteiger partial charge in [-0.15, -0.1) is 0 Å². The van der Waals surface area contributed by atoms with Crippen molar-refractivity contribution in [1.82, 2.24) is 5.32 Å². The van der Waals surface area contributed by atoms with Gasteiger partial charge in [0.2, 0.25) is 5.91 Å². The molecule has 5 nitrogen and oxygen atoms in total. The summed E-state index contributed by atoms with van der Waals surface area (Å²) in [6.07, 6.45) is 5.82. The first-order valence-electron chi connectivity index (χ1n) is 9.21. The van der Waals surface area contributed by atoms with Crippen LogP contribution in [0.1, 0.15) is 24.0 Å². The lowest BCUT2D eigenvalue weighted by molar-refractivity contribution is -0.116. The topological polar surface area (TPSA) is 50.8 Å². The number of hydrogen-bond acceptors (Lipinski definition) is 4. The number of anilines is 1. The third kappa shape index (κ3) is 5.03. The van der Waals surface area contributed by atoms with Crippen molar-refractivity contribution in [3.05, 3.63) is 59.7 Å². The van der Waals surface area contributed by atoms with Gasteiger partial charge in [-0.2, -0.15) is 0 Å². The summed E-state index contributed by atoms with van der Waals surface area (Å²) in [7, 11) is 3.19. The summed E-state index contributed by atoms with van der Waals surface area (Å²) < 4.78 is 10.5. The fourth-order valence-corrected chi connectivity index (χ4v) is 3.18. The minimum Gasteiger partial charge on any atom is -0.493 e. The highest BCUT2D eigenvalue weighted by Gasteiger charge is 2.11. The van der Waals surface area contributed by atoms with Gasteiger partial charge in [0.25, 0.3) is 0 Å². The summed E-state index contributed by atoms with van der Waals surface area (Å²) in [6, 6.07) is 13.9. The summed E-state index contributed by atoms with van der Waals surface area (Å²) >= 11 is 0. The van der Waals surface area contributed by atoms with Crippen molar-refractivity contribution in [2.75, 3.05) is 32.2 Å². The molecule has 2 aromatic carbocycles. The second-order valence-electron chi connectivity index (χ2n) is 6.53. The predicted molar refractivity (Wildman–Crippen MR) is 108 cm³/mol. The standard InChI is InChI=1S/C22H26N2O3/c1-26-20-11-7-17(15-21(20)27-2)8-12-22(25)23-16-18-5-9-19(10-6-18)24-13-3-4-14-24/h5-12,15H,3-4,13-14,16H2,1-2H3,(H,23,25)/b12-8+. The van der Waals surface area contributed by atoms with Crippen molar-refractivity contribution >= 4 is 17.7 Å². The monoisotopic (exact) mass is 366 g/mol. The van der Waals surface area contributed by atoms with Gasteiger partial charge < -0.3 is 19.7 Å². The first-order chi connectivity index (χ1) is 13.2. The van der Waals surface area contributed by atoms with E-state index in [1.807, 2.05) is 18.2 Å². The molecule has 142 valence electrons. The van der Waals surface area contributed by atoms with Crippen LogP contribution >= 0.6 is 0 Å². The highest BCUT2D eigenvalue weighted by molar-refractivity contribution is 5.91. The molecule has 0 unspecified atom stereocenters. The Bertz CT molecular complexity index is 794. The van der Waals surface area contributed by atoms with Crippen molar-refractivity contribution in [2.24, 2.45) is 0 Å². The van der Waals surface area contributed by atoms with Crippen LogP contribution in [0.15, 0.2) is 48.5 Å². The molecule has 1 amide bonds. The maximum absolute atomic E-state index is 12.1. The maximum atomic E-state index is 12.1. The van der Waals surface area contributed by atoms with E-state index in [1.54, 1.807) is 20.3 Å². The molecule has 1 heterocycles. The smallest absolute Gasteiger partial charge is 0.244 e. The second kappa shape index (κ2) is 9.12. The van der Waals surface area contributed by atoms with Gasteiger partial charge in [0.1, 0.15) is 0 Å². The summed E-state index contributed by atoms with van der Waals surface area (Å²) in [4.78, 5) is 14.5. The van der Waals surface area contributed by atoms with Crippen LogP contribution in [0.2, 0.25) is 0 Å². The Morgan fingerprint density at radius 1 is 1.04 bits per heavy atom. The van der Waals surface area contributed by atoms with Crippen LogP contribution in [0.25, 0.3) is 6.08 Å². The fourth-order valence-electron chi connectivity index (χ4n) is 3.18. The largest absolute Gasteiger partial charge is 0.493 e. The molecule has 0 atom stereocenters. The van der Waals surface area contributed by atoms with E-state index in [-0.39, 0.29) is 5.91 Å². The van der Waals surface area contributed by atoms with E-state index in [0.29, 0.717) is 18.0 Å². The first kappa shape index (κ1) is 18.8. The minimum absolute atomic E-state index is 0.131. The molecule has 0 bridgehead atoms. The minimum atomic E-state index is -0.131. The molecule has 1 aliphatic rings. The zero-order valence-corrected chi connectivity index (χ0v) is 15.9. The van der Waals surface area contributed by atoms with Crippen LogP contribution in [0.4, 0.5) is 5.69 Å². The molecule has 0 saturated carbocycles. The van der Waals surface area contributed by atoms with Gasteiger partial charge in [0.15, 0.2) is 11.5 Å². The maximum Gasteiger partial charge on any atom is 0.244 e. The number of carbonyl (C=O) groups excluding carboxylic acids is 1. The number of carbonyl (C=O) groups is 1. The van der Waals surface area contributed by atoms with E-state index in [4.69, 9.17) is 9.47 Å². The molecule has 27 heavy (non-hydrogen) atoms. The van der Waals surface area contributed by atoms with Crippen LogP contribution < -0.4 is 19.7 Å². The van der Waals surface area contributed by atoms with Crippen molar-refractivity contribution < 1.29 is 14.3 Å². The Morgan fingerprint density at radius 3 is 2.41 bits per heavy atom. The third-order valence-corrected chi connectivity index (χ3v) is 4.71. The normalized spacial score (nSPS) is 13.8. The molecule has 0 radical (unpaired) electrons. The number of amides is 1. The van der Waals surface area contributed by atoms with Gasteiger partial charge in [-0.05, 0) is 54.3 Å². The Kier molecular flexibility index (Phi) is 6.36. The molecule has 0 aliphatic carbocycles. The number of hydrogen-bond donors (Lipinski definition) is 1. The number of rotatable bonds is 7. The van der Waals surface area contributed by atoms with Crippen LogP contribution in [0, 0.1) is 0 Å². The summed E-state index contributed by atoms with van der Waals surface area (Å²) in [5, 5.41) is 2.91. The van der Waals surface area contributed by atoms with Crippen LogP contribution in [-0.2, 0) is 11.3 Å². The molecular formula is C22H26N2O3. The molecule has 1 aliphatic heterocycles. The average Bonchev–Trinajstić information content (AvgIpc) is 3.25. The molecule has 1 N–H and O–H groups in total. The number of benzene rings is 2. The Hall–Kier alpha value is -2.95. The van der Waals surface area contributed by atoms with Crippen LogP contribution in [0.3, 0.4) is 0 Å². The lowest BCUT2D eigenvalue weighted by Crippen LogP contribution is -2.20. The molecular weight excluding hydrogens is 340 g/mol. The number of ether oxygens (including phenoxy) is 2. The molecule has 0 spiro atoms. The second-order valence-corrected chi connectivity index (χ2v) is 6.53. The zero-order valence-electron chi connectivity index (χ0n) is 15.9. The van der Waals surface area contributed by atoms with Crippen molar-refractivity contribution in [3.8, 4) is 11.5 Å². The Balaban J connectivity index is 1.52. The van der Waals surface area contributed by atoms with Crippen LogP contribution in [0.5, 0.6) is 11.5 Å². The van der Waals surface area contributed by atoms with Gasteiger partial charge in [-0.25, -0.2) is 0 Å². The van der Waals surface area contributed by atoms with E-state index in [9.17, 15) is 4.79 Å². The van der Waals surface area contributed by atoms with E-state index in [2.05, 4.69) is 34.5 Å². The number of methoxy groups -OCH3 is 2. The van der Waals surface area contributed by atoms with E-state index in [0.717, 1.165) is 24.2 Å². The molecule has 5 heteroatoms. The molecule has 3 rings (SSSR count). The first-order valence-corrected chi connectivity index (χ1v) is 9.21. The summed E-state index contributed by atoms with van der Waals surface area (Å²) in [5.41, 5.74) is 3.22. The van der Waals surface area contributed by atoms with Crippen molar-refractivity contribution in [1.29, 1.82) is 0 Å². The Labute approximate surface area is 160 Å². The van der Waals surface area contributed by atoms with Crippen molar-refractivity contribution in [2.45, 2.75) is 19.4 Å². The summed E-state index contributed by atoms with van der Waals surface area (Å²) in [6.45, 7) is 2.78. The summed E-state index contributed by atoms with van der Waals surface area (Å²) in [5.74, 6) is 1.17. The van der Waals surface area contributed by atoms with Crippen molar-refractivity contribution in [3.63, 3.8) is 0 Å². The van der Waals surface area contributed by atoms with Gasteiger partial charge in [-0.1, -0.05) is 18.2 Å². The quantitative estimate of drug-likeness (QED) is 0.760. The van der Waals surface area contributed by atoms with E-state index >= 15 is 0 Å².